The highest BCUT2D eigenvalue weighted by molar-refractivity contribution is 6.21. The van der Waals surface area contributed by atoms with Crippen LogP contribution in [0.15, 0.2) is 0 Å². The minimum absolute atomic E-state index is 0.320. The van der Waals surface area contributed by atoms with Crippen LogP contribution in [0, 0.1) is 35.5 Å². The lowest BCUT2D eigenvalue weighted by Crippen LogP contribution is -2.37. The molecule has 5 fully saturated rings. The van der Waals surface area contributed by atoms with Crippen LogP contribution in [0.2, 0.25) is 0 Å². The van der Waals surface area contributed by atoms with Crippen LogP contribution in [0.3, 0.4) is 0 Å². The molecule has 0 aromatic rings. The number of alkyl halides is 1. The Labute approximate surface area is 108 Å². The molecule has 1 nitrogen and oxygen atoms in total. The van der Waals surface area contributed by atoms with Gasteiger partial charge in [0.25, 0.3) is 0 Å². The molecule has 0 aromatic heterocycles. The van der Waals surface area contributed by atoms with Gasteiger partial charge in [-0.2, -0.15) is 0 Å². The van der Waals surface area contributed by atoms with E-state index in [0.29, 0.717) is 17.6 Å². The standard InChI is InChI=1S/C15H21ClO/c16-11-4-5-12-13-9-6-10(14(13)15(11)17-12)8-3-1-2-7(8)9/h7-15H,1-6H2/t7-,8+,9+,10-,11-,12-,13-,14-,15+/m0/s1. The van der Waals surface area contributed by atoms with Gasteiger partial charge in [0.05, 0.1) is 17.6 Å². The molecule has 0 unspecified atom stereocenters. The third-order valence-electron chi connectivity index (χ3n) is 6.93. The lowest BCUT2D eigenvalue weighted by atomic mass is 9.68. The summed E-state index contributed by atoms with van der Waals surface area (Å²) in [5.41, 5.74) is 0. The van der Waals surface area contributed by atoms with Crippen molar-refractivity contribution in [3.05, 3.63) is 0 Å². The summed E-state index contributed by atoms with van der Waals surface area (Å²) in [5, 5.41) is 0.320. The third-order valence-corrected chi connectivity index (χ3v) is 7.39. The number of fused-ring (bicyclic) bond motifs is 12. The summed E-state index contributed by atoms with van der Waals surface area (Å²) in [6.45, 7) is 0. The second kappa shape index (κ2) is 3.22. The minimum atomic E-state index is 0.320. The van der Waals surface area contributed by atoms with Gasteiger partial charge < -0.3 is 4.74 Å². The van der Waals surface area contributed by atoms with Crippen molar-refractivity contribution in [3.63, 3.8) is 0 Å². The van der Waals surface area contributed by atoms with Crippen molar-refractivity contribution in [1.29, 1.82) is 0 Å². The zero-order valence-electron chi connectivity index (χ0n) is 10.2. The summed E-state index contributed by atoms with van der Waals surface area (Å²) in [6, 6.07) is 0. The van der Waals surface area contributed by atoms with Gasteiger partial charge in [-0.3, -0.25) is 0 Å². The smallest absolute Gasteiger partial charge is 0.0777 e. The molecular weight excluding hydrogens is 232 g/mol. The molecule has 0 N–H and O–H groups in total. The van der Waals surface area contributed by atoms with Crippen LogP contribution in [-0.2, 0) is 4.74 Å². The van der Waals surface area contributed by atoms with Gasteiger partial charge in [-0.05, 0) is 67.6 Å². The van der Waals surface area contributed by atoms with E-state index >= 15 is 0 Å². The Kier molecular flexibility index (Phi) is 1.91. The van der Waals surface area contributed by atoms with Gasteiger partial charge in [0.2, 0.25) is 0 Å². The minimum Gasteiger partial charge on any atom is -0.373 e. The van der Waals surface area contributed by atoms with Gasteiger partial charge in [-0.25, -0.2) is 0 Å². The second-order valence-corrected chi connectivity index (χ2v) is 7.77. The average Bonchev–Trinajstić information content (AvgIpc) is 3.04. The zero-order valence-corrected chi connectivity index (χ0v) is 11.0. The van der Waals surface area contributed by atoms with Crippen molar-refractivity contribution in [2.75, 3.05) is 0 Å². The fourth-order valence-electron chi connectivity index (χ4n) is 6.64. The van der Waals surface area contributed by atoms with Gasteiger partial charge in [-0.1, -0.05) is 6.42 Å². The van der Waals surface area contributed by atoms with E-state index in [4.69, 9.17) is 16.3 Å². The number of hydrogen-bond donors (Lipinski definition) is 0. The van der Waals surface area contributed by atoms with Crippen LogP contribution >= 0.6 is 11.6 Å². The molecule has 3 saturated carbocycles. The zero-order chi connectivity index (χ0) is 11.1. The Morgan fingerprint density at radius 2 is 1.59 bits per heavy atom. The molecule has 5 rings (SSSR count). The molecular formula is C15H21ClO. The number of hydrogen-bond acceptors (Lipinski definition) is 1. The van der Waals surface area contributed by atoms with Crippen molar-refractivity contribution in [3.8, 4) is 0 Å². The number of ether oxygens (including phenoxy) is 1. The molecule has 2 aliphatic heterocycles. The summed E-state index contributed by atoms with van der Waals surface area (Å²) >= 11 is 6.53. The van der Waals surface area contributed by atoms with Crippen molar-refractivity contribution in [2.45, 2.75) is 56.1 Å². The highest BCUT2D eigenvalue weighted by atomic mass is 35.5. The first-order chi connectivity index (χ1) is 8.34. The summed E-state index contributed by atoms with van der Waals surface area (Å²) in [5.74, 6) is 5.93. The molecule has 0 aromatic carbocycles. The maximum atomic E-state index is 6.53. The molecule has 2 heterocycles. The normalized spacial score (nSPS) is 67.2. The molecule has 0 spiro atoms. The molecule has 4 bridgehead atoms. The van der Waals surface area contributed by atoms with Crippen molar-refractivity contribution in [2.24, 2.45) is 35.5 Å². The van der Waals surface area contributed by atoms with Crippen LogP contribution in [0.4, 0.5) is 0 Å². The van der Waals surface area contributed by atoms with E-state index < -0.39 is 0 Å². The van der Waals surface area contributed by atoms with Gasteiger partial charge in [0.15, 0.2) is 0 Å². The van der Waals surface area contributed by atoms with E-state index in [1.807, 2.05) is 0 Å². The van der Waals surface area contributed by atoms with Crippen LogP contribution < -0.4 is 0 Å². The summed E-state index contributed by atoms with van der Waals surface area (Å²) in [4.78, 5) is 0. The summed E-state index contributed by atoms with van der Waals surface area (Å²) < 4.78 is 6.29. The van der Waals surface area contributed by atoms with E-state index in [1.165, 1.54) is 38.5 Å². The lowest BCUT2D eigenvalue weighted by Gasteiger charge is -2.35. The number of rotatable bonds is 0. The molecule has 94 valence electrons. The predicted octanol–water partition coefficient (Wildman–Crippen LogP) is 3.45. The Bertz CT molecular complexity index is 357. The van der Waals surface area contributed by atoms with E-state index in [1.54, 1.807) is 0 Å². The quantitative estimate of drug-likeness (QED) is 0.600. The SMILES string of the molecule is Cl[C@H]1CC[C@@H]2O[C@H]1[C@H]1[C@H]3C[C@H]([C@H]4CCC[C@H]43)[C@H]12. The third kappa shape index (κ3) is 1.08. The number of halogens is 1. The molecule has 9 atom stereocenters. The van der Waals surface area contributed by atoms with Crippen LogP contribution in [0.1, 0.15) is 38.5 Å². The fourth-order valence-corrected chi connectivity index (χ4v) is 7.00. The van der Waals surface area contributed by atoms with E-state index in [9.17, 15) is 0 Å². The molecule has 2 heteroatoms. The molecule has 5 aliphatic rings. The first kappa shape index (κ1) is 10.1. The van der Waals surface area contributed by atoms with Crippen molar-refractivity contribution < 1.29 is 4.74 Å². The van der Waals surface area contributed by atoms with E-state index in [0.717, 1.165) is 35.5 Å². The molecule has 0 amide bonds. The maximum Gasteiger partial charge on any atom is 0.0777 e. The fraction of sp³-hybridized carbons (Fsp3) is 1.00. The molecule has 3 aliphatic carbocycles. The Hall–Kier alpha value is 0.250. The van der Waals surface area contributed by atoms with Crippen LogP contribution in [0.5, 0.6) is 0 Å². The largest absolute Gasteiger partial charge is 0.373 e. The first-order valence-electron chi connectivity index (χ1n) is 7.64. The lowest BCUT2D eigenvalue weighted by molar-refractivity contribution is -0.0187. The van der Waals surface area contributed by atoms with E-state index in [-0.39, 0.29) is 0 Å². The predicted molar refractivity (Wildman–Crippen MR) is 66.9 cm³/mol. The Morgan fingerprint density at radius 1 is 0.824 bits per heavy atom. The summed E-state index contributed by atoms with van der Waals surface area (Å²) in [6.07, 6.45) is 9.54. The van der Waals surface area contributed by atoms with Crippen LogP contribution in [0.25, 0.3) is 0 Å². The Balaban J connectivity index is 1.56. The van der Waals surface area contributed by atoms with Gasteiger partial charge in [0.1, 0.15) is 0 Å². The molecule has 0 radical (unpaired) electrons. The molecule has 2 saturated heterocycles. The summed E-state index contributed by atoms with van der Waals surface area (Å²) in [7, 11) is 0. The van der Waals surface area contributed by atoms with Crippen molar-refractivity contribution >= 4 is 11.6 Å². The highest BCUT2D eigenvalue weighted by Crippen LogP contribution is 2.68. The van der Waals surface area contributed by atoms with Crippen molar-refractivity contribution in [1.82, 2.24) is 0 Å². The maximum absolute atomic E-state index is 6.53. The van der Waals surface area contributed by atoms with Gasteiger partial charge in [-0.15, -0.1) is 11.6 Å². The monoisotopic (exact) mass is 252 g/mol. The second-order valence-electron chi connectivity index (χ2n) is 7.21. The van der Waals surface area contributed by atoms with Gasteiger partial charge >= 0.3 is 0 Å². The topological polar surface area (TPSA) is 9.23 Å². The molecule has 17 heavy (non-hydrogen) atoms. The Morgan fingerprint density at radius 3 is 2.41 bits per heavy atom. The average molecular weight is 253 g/mol. The van der Waals surface area contributed by atoms with Crippen LogP contribution in [-0.4, -0.2) is 17.6 Å². The first-order valence-corrected chi connectivity index (χ1v) is 8.08. The highest BCUT2D eigenvalue weighted by Gasteiger charge is 2.67. The van der Waals surface area contributed by atoms with Gasteiger partial charge in [0, 0.05) is 0 Å². The van der Waals surface area contributed by atoms with E-state index in [2.05, 4.69) is 0 Å².